The molecule has 0 amide bonds. The van der Waals surface area contributed by atoms with Crippen LogP contribution >= 0.6 is 11.6 Å². The minimum absolute atomic E-state index is 0.450. The number of benzene rings is 3. The summed E-state index contributed by atoms with van der Waals surface area (Å²) < 4.78 is 14.6. The highest BCUT2D eigenvalue weighted by atomic mass is 35.5. The lowest BCUT2D eigenvalue weighted by Gasteiger charge is -2.42. The largest absolute Gasteiger partial charge is 0.543 e. The smallest absolute Gasteiger partial charge is 0.258 e. The number of methoxy groups -OCH3 is 1. The van der Waals surface area contributed by atoms with Crippen molar-refractivity contribution in [3.05, 3.63) is 107 Å². The van der Waals surface area contributed by atoms with Crippen molar-refractivity contribution < 1.29 is 14.3 Å². The fourth-order valence-corrected chi connectivity index (χ4v) is 12.9. The van der Waals surface area contributed by atoms with E-state index in [0.717, 1.165) is 51.7 Å². The molecule has 0 radical (unpaired) electrons. The van der Waals surface area contributed by atoms with Gasteiger partial charge in [-0.25, -0.2) is 9.97 Å². The van der Waals surface area contributed by atoms with E-state index in [2.05, 4.69) is 77.7 Å². The van der Waals surface area contributed by atoms with Gasteiger partial charge in [0.1, 0.15) is 5.75 Å². The molecule has 6 nitrogen and oxygen atoms in total. The Morgan fingerprint density at radius 3 is 2.21 bits per heavy atom. The van der Waals surface area contributed by atoms with Gasteiger partial charge in [-0.05, 0) is 81.2 Å². The number of aryl methyl sites for hydroxylation is 2. The van der Waals surface area contributed by atoms with Crippen LogP contribution in [0.2, 0.25) is 21.6 Å². The van der Waals surface area contributed by atoms with E-state index in [0.29, 0.717) is 38.8 Å². The Balaban J connectivity index is 1.72. The molecular formula is C39H48ClN3O3Si. The maximum atomic E-state index is 12.9. The Labute approximate surface area is 285 Å². The van der Waals surface area contributed by atoms with Crippen molar-refractivity contribution in [1.29, 1.82) is 0 Å². The van der Waals surface area contributed by atoms with Crippen LogP contribution in [0.5, 0.6) is 11.6 Å². The molecule has 0 saturated carbocycles. The third-order valence-corrected chi connectivity index (χ3v) is 16.1. The summed E-state index contributed by atoms with van der Waals surface area (Å²) in [6, 6.07) is 22.1. The van der Waals surface area contributed by atoms with Gasteiger partial charge in [-0.2, -0.15) is 0 Å². The molecule has 8 heteroatoms. The molecule has 0 spiro atoms. The number of aliphatic hydroxyl groups is 1. The van der Waals surface area contributed by atoms with Crippen molar-refractivity contribution in [3.8, 4) is 22.8 Å². The predicted molar refractivity (Wildman–Crippen MR) is 196 cm³/mol. The van der Waals surface area contributed by atoms with Gasteiger partial charge in [-0.1, -0.05) is 96.8 Å². The fraction of sp³-hybridized carbons (Fsp3) is 0.385. The van der Waals surface area contributed by atoms with Gasteiger partial charge in [-0.3, -0.25) is 0 Å². The van der Waals surface area contributed by atoms with E-state index in [9.17, 15) is 5.11 Å². The summed E-state index contributed by atoms with van der Waals surface area (Å²) in [7, 11) is 1.36. The first-order chi connectivity index (χ1) is 22.4. The highest BCUT2D eigenvalue weighted by molar-refractivity contribution is 6.78. The van der Waals surface area contributed by atoms with Crippen LogP contribution in [0.15, 0.2) is 79.3 Å². The first-order valence-corrected chi connectivity index (χ1v) is 19.1. The fourth-order valence-electron chi connectivity index (χ4n) is 7.48. The van der Waals surface area contributed by atoms with E-state index >= 15 is 0 Å². The van der Waals surface area contributed by atoms with Gasteiger partial charge in [0.15, 0.2) is 5.60 Å². The second-order valence-corrected chi connectivity index (χ2v) is 19.3. The highest BCUT2D eigenvalue weighted by Crippen LogP contribution is 2.44. The number of nitrogens with zero attached hydrogens (tertiary/aromatic N) is 3. The minimum Gasteiger partial charge on any atom is -0.543 e. The summed E-state index contributed by atoms with van der Waals surface area (Å²) in [5.41, 5.74) is 5.62. The average molecular weight is 670 g/mol. The van der Waals surface area contributed by atoms with Gasteiger partial charge in [0.2, 0.25) is 5.88 Å². The molecule has 2 heterocycles. The molecule has 0 bridgehead atoms. The zero-order valence-electron chi connectivity index (χ0n) is 29.1. The first kappa shape index (κ1) is 34.7. The Morgan fingerprint density at radius 1 is 0.915 bits per heavy atom. The Hall–Kier alpha value is -3.65. The van der Waals surface area contributed by atoms with Gasteiger partial charge in [0.25, 0.3) is 8.32 Å². The maximum absolute atomic E-state index is 12.9. The number of rotatable bonds is 12. The number of fused-ring (bicyclic) bond motifs is 1. The number of hydrogen-bond acceptors (Lipinski definition) is 5. The summed E-state index contributed by atoms with van der Waals surface area (Å²) in [6.45, 7) is 15.9. The molecule has 1 N–H and O–H groups in total. The molecule has 2 aromatic heterocycles. The quantitative estimate of drug-likeness (QED) is 0.134. The molecular weight excluding hydrogens is 622 g/mol. The second-order valence-electron chi connectivity index (χ2n) is 13.5. The summed E-state index contributed by atoms with van der Waals surface area (Å²) in [5, 5.41) is 14.5. The van der Waals surface area contributed by atoms with E-state index in [1.165, 1.54) is 0 Å². The van der Waals surface area contributed by atoms with Gasteiger partial charge < -0.3 is 18.8 Å². The lowest BCUT2D eigenvalue weighted by molar-refractivity contribution is 0.117. The topological polar surface area (TPSA) is 69.4 Å². The number of imidazole rings is 1. The molecule has 0 fully saturated rings. The second kappa shape index (κ2) is 13.8. The lowest BCUT2D eigenvalue weighted by atomic mass is 9.81. The maximum Gasteiger partial charge on any atom is 0.258 e. The highest BCUT2D eigenvalue weighted by Gasteiger charge is 2.47. The van der Waals surface area contributed by atoms with Crippen molar-refractivity contribution in [2.24, 2.45) is 7.05 Å². The van der Waals surface area contributed by atoms with Crippen LogP contribution in [0, 0.1) is 0 Å². The predicted octanol–water partition coefficient (Wildman–Crippen LogP) is 10.1. The van der Waals surface area contributed by atoms with E-state index in [4.69, 9.17) is 25.7 Å². The van der Waals surface area contributed by atoms with Crippen molar-refractivity contribution in [1.82, 2.24) is 14.5 Å². The van der Waals surface area contributed by atoms with E-state index in [1.54, 1.807) is 19.6 Å². The molecule has 3 aromatic carbocycles. The van der Waals surface area contributed by atoms with Crippen molar-refractivity contribution in [2.45, 2.75) is 83.5 Å². The molecule has 1 unspecified atom stereocenters. The van der Waals surface area contributed by atoms with Crippen LogP contribution in [0.3, 0.4) is 0 Å². The number of hydrogen-bond donors (Lipinski definition) is 1. The SMILES string of the molecule is CCCc1cc(C(O)(c2ccc3nc(OC)cc(-c4cccc(O[Si](C(C)C)(C(C)C)C(C)C)c4)c3c2)c2cncn2C)ccc1Cl. The van der Waals surface area contributed by atoms with Crippen LogP contribution in [0.25, 0.3) is 22.0 Å². The molecule has 5 aromatic rings. The van der Waals surface area contributed by atoms with Gasteiger partial charge in [-0.15, -0.1) is 0 Å². The molecule has 0 aliphatic rings. The molecule has 248 valence electrons. The molecule has 5 rings (SSSR count). The number of ether oxygens (including phenoxy) is 1. The Kier molecular flexibility index (Phi) is 10.2. The van der Waals surface area contributed by atoms with Gasteiger partial charge >= 0.3 is 0 Å². The van der Waals surface area contributed by atoms with Crippen LogP contribution in [0.4, 0.5) is 0 Å². The van der Waals surface area contributed by atoms with Gasteiger partial charge in [0.05, 0.1) is 30.8 Å². The molecule has 47 heavy (non-hydrogen) atoms. The summed E-state index contributed by atoms with van der Waals surface area (Å²) in [6.07, 6.45) is 5.19. The molecule has 0 aliphatic heterocycles. The van der Waals surface area contributed by atoms with E-state index in [1.807, 2.05) is 54.1 Å². The Morgan fingerprint density at radius 2 is 1.60 bits per heavy atom. The van der Waals surface area contributed by atoms with Crippen LogP contribution in [-0.2, 0) is 19.1 Å². The van der Waals surface area contributed by atoms with Crippen molar-refractivity contribution in [2.75, 3.05) is 7.11 Å². The standard InChI is InChI=1S/C39H48ClN3O3Si/c1-10-12-29-19-30(15-17-35(29)40)39(44,37-23-41-24-43(37)8)31-16-18-36-34(21-31)33(22-38(42-36)45-9)28-13-11-14-32(20-28)46-47(25(2)3,26(4)5)27(6)7/h11,13-27,44H,10,12H2,1-9H3. The minimum atomic E-state index is -2.17. The third-order valence-electron chi connectivity index (χ3n) is 9.73. The molecule has 0 aliphatic carbocycles. The third kappa shape index (κ3) is 6.33. The van der Waals surface area contributed by atoms with Crippen molar-refractivity contribution >= 4 is 30.8 Å². The normalized spacial score (nSPS) is 13.5. The van der Waals surface area contributed by atoms with E-state index < -0.39 is 13.9 Å². The summed E-state index contributed by atoms with van der Waals surface area (Å²) in [4.78, 5) is 9.17. The van der Waals surface area contributed by atoms with Crippen LogP contribution in [-0.4, -0.2) is 35.1 Å². The van der Waals surface area contributed by atoms with Crippen molar-refractivity contribution in [3.63, 3.8) is 0 Å². The summed E-state index contributed by atoms with van der Waals surface area (Å²) in [5.74, 6) is 1.40. The zero-order valence-corrected chi connectivity index (χ0v) is 30.9. The monoisotopic (exact) mass is 669 g/mol. The molecule has 1 atom stereocenters. The van der Waals surface area contributed by atoms with Crippen LogP contribution < -0.4 is 9.16 Å². The zero-order chi connectivity index (χ0) is 34.1. The lowest BCUT2D eigenvalue weighted by Crippen LogP contribution is -2.50. The number of pyridine rings is 1. The van der Waals surface area contributed by atoms with Crippen LogP contribution in [0.1, 0.15) is 77.3 Å². The summed E-state index contributed by atoms with van der Waals surface area (Å²) >= 11 is 6.60. The number of aromatic nitrogens is 3. The average Bonchev–Trinajstić information content (AvgIpc) is 3.49. The number of halogens is 1. The molecule has 0 saturated heterocycles. The first-order valence-electron chi connectivity index (χ1n) is 16.6. The van der Waals surface area contributed by atoms with E-state index in [-0.39, 0.29) is 0 Å². The van der Waals surface area contributed by atoms with Gasteiger partial charge in [0, 0.05) is 23.5 Å². The Bertz CT molecular complexity index is 1850.